The number of nitrogens with one attached hydrogen (secondary N) is 2. The fourth-order valence-electron chi connectivity index (χ4n) is 2.56. The second-order valence-electron chi connectivity index (χ2n) is 6.97. The topological polar surface area (TPSA) is 44.4 Å². The Morgan fingerprint density at radius 2 is 2.05 bits per heavy atom. The summed E-state index contributed by atoms with van der Waals surface area (Å²) in [6, 6.07) is 1.01. The van der Waals surface area contributed by atoms with E-state index in [-0.39, 0.29) is 11.4 Å². The maximum absolute atomic E-state index is 12.2. The Kier molecular flexibility index (Phi) is 6.96. The summed E-state index contributed by atoms with van der Waals surface area (Å²) in [6.45, 7) is 13.2. The second-order valence-corrected chi connectivity index (χ2v) is 6.97. The first-order chi connectivity index (χ1) is 9.34. The minimum atomic E-state index is -0.0987. The Balaban J connectivity index is 2.47. The Hall–Kier alpha value is -0.610. The van der Waals surface area contributed by atoms with Crippen molar-refractivity contribution in [3.8, 4) is 0 Å². The zero-order chi connectivity index (χ0) is 15.2. The molecule has 1 aliphatic heterocycles. The Morgan fingerprint density at radius 1 is 1.35 bits per heavy atom. The molecule has 1 unspecified atom stereocenters. The Bertz CT molecular complexity index is 302. The average Bonchev–Trinajstić information content (AvgIpc) is 2.37. The molecule has 1 saturated heterocycles. The zero-order valence-corrected chi connectivity index (χ0v) is 14.0. The van der Waals surface area contributed by atoms with Gasteiger partial charge in [-0.15, -0.1) is 0 Å². The lowest BCUT2D eigenvalue weighted by Crippen LogP contribution is -2.53. The van der Waals surface area contributed by atoms with Crippen molar-refractivity contribution in [3.63, 3.8) is 0 Å². The summed E-state index contributed by atoms with van der Waals surface area (Å²) < 4.78 is 0. The number of piperidine rings is 1. The van der Waals surface area contributed by atoms with Gasteiger partial charge in [-0.3, -0.25) is 9.69 Å². The molecule has 1 amide bonds. The minimum Gasteiger partial charge on any atom is -0.350 e. The molecule has 0 spiro atoms. The molecule has 1 aliphatic rings. The van der Waals surface area contributed by atoms with Gasteiger partial charge in [-0.25, -0.2) is 0 Å². The third-order valence-electron chi connectivity index (χ3n) is 4.22. The first kappa shape index (κ1) is 17.4. The molecule has 0 aromatic rings. The first-order valence-electron chi connectivity index (χ1n) is 8.12. The molecule has 0 bridgehead atoms. The Morgan fingerprint density at radius 3 is 2.65 bits per heavy atom. The standard InChI is InChI=1S/C16H33N3O/c1-6-16(4,5)18-15(20)12-19-10-8-7-9-14(19)11-17-13(2)3/h13-14,17H,6-12H2,1-5H3,(H,18,20). The molecule has 1 rings (SSSR count). The van der Waals surface area contributed by atoms with Gasteiger partial charge in [-0.05, 0) is 39.7 Å². The lowest BCUT2D eigenvalue weighted by atomic mass is 10.0. The molecule has 118 valence electrons. The summed E-state index contributed by atoms with van der Waals surface area (Å²) in [5.41, 5.74) is -0.0987. The van der Waals surface area contributed by atoms with Gasteiger partial charge in [0.15, 0.2) is 0 Å². The van der Waals surface area contributed by atoms with E-state index < -0.39 is 0 Å². The second kappa shape index (κ2) is 7.99. The third kappa shape index (κ3) is 6.23. The Labute approximate surface area is 124 Å². The molecule has 0 aromatic carbocycles. The quantitative estimate of drug-likeness (QED) is 0.752. The number of carbonyl (C=O) groups excluding carboxylic acids is 1. The highest BCUT2D eigenvalue weighted by Gasteiger charge is 2.26. The van der Waals surface area contributed by atoms with E-state index in [0.717, 1.165) is 19.5 Å². The van der Waals surface area contributed by atoms with Crippen LogP contribution in [0.2, 0.25) is 0 Å². The number of carbonyl (C=O) groups is 1. The number of hydrogen-bond acceptors (Lipinski definition) is 3. The minimum absolute atomic E-state index is 0.0987. The van der Waals surface area contributed by atoms with Crippen LogP contribution in [0.5, 0.6) is 0 Å². The molecule has 1 heterocycles. The van der Waals surface area contributed by atoms with Crippen molar-refractivity contribution in [2.75, 3.05) is 19.6 Å². The maximum Gasteiger partial charge on any atom is 0.234 e. The van der Waals surface area contributed by atoms with Crippen LogP contribution in [0, 0.1) is 0 Å². The lowest BCUT2D eigenvalue weighted by molar-refractivity contribution is -0.124. The van der Waals surface area contributed by atoms with Gasteiger partial charge in [0, 0.05) is 24.2 Å². The number of nitrogens with zero attached hydrogens (tertiary/aromatic N) is 1. The van der Waals surface area contributed by atoms with Crippen LogP contribution in [0.15, 0.2) is 0 Å². The summed E-state index contributed by atoms with van der Waals surface area (Å²) in [5, 5.41) is 6.64. The molecule has 0 aliphatic carbocycles. The SMILES string of the molecule is CCC(C)(C)NC(=O)CN1CCCCC1CNC(C)C. The molecule has 0 radical (unpaired) electrons. The largest absolute Gasteiger partial charge is 0.350 e. The number of hydrogen-bond donors (Lipinski definition) is 2. The van der Waals surface area contributed by atoms with Crippen LogP contribution in [0.1, 0.15) is 60.3 Å². The summed E-state index contributed by atoms with van der Waals surface area (Å²) >= 11 is 0. The van der Waals surface area contributed by atoms with Gasteiger partial charge in [0.1, 0.15) is 0 Å². The van der Waals surface area contributed by atoms with Crippen molar-refractivity contribution in [1.82, 2.24) is 15.5 Å². The van der Waals surface area contributed by atoms with E-state index in [0.29, 0.717) is 18.6 Å². The van der Waals surface area contributed by atoms with Gasteiger partial charge in [0.2, 0.25) is 5.91 Å². The number of likely N-dealkylation sites (tertiary alicyclic amines) is 1. The van der Waals surface area contributed by atoms with E-state index in [1.165, 1.54) is 19.3 Å². The number of amides is 1. The smallest absolute Gasteiger partial charge is 0.234 e. The van der Waals surface area contributed by atoms with Crippen molar-refractivity contribution >= 4 is 5.91 Å². The van der Waals surface area contributed by atoms with Gasteiger partial charge in [-0.1, -0.05) is 27.2 Å². The highest BCUT2D eigenvalue weighted by molar-refractivity contribution is 5.78. The van der Waals surface area contributed by atoms with Gasteiger partial charge in [0.05, 0.1) is 6.54 Å². The molecule has 1 atom stereocenters. The van der Waals surface area contributed by atoms with Crippen LogP contribution >= 0.6 is 0 Å². The summed E-state index contributed by atoms with van der Waals surface area (Å²) in [5.74, 6) is 0.160. The van der Waals surface area contributed by atoms with Crippen molar-refractivity contribution < 1.29 is 4.79 Å². The number of rotatable bonds is 7. The van der Waals surface area contributed by atoms with Gasteiger partial charge >= 0.3 is 0 Å². The molecular formula is C16H33N3O. The molecule has 0 saturated carbocycles. The highest BCUT2D eigenvalue weighted by atomic mass is 16.2. The van der Waals surface area contributed by atoms with E-state index in [2.05, 4.69) is 50.2 Å². The maximum atomic E-state index is 12.2. The van der Waals surface area contributed by atoms with Crippen LogP contribution in [0.3, 0.4) is 0 Å². The predicted molar refractivity (Wildman–Crippen MR) is 84.9 cm³/mol. The molecule has 1 fully saturated rings. The predicted octanol–water partition coefficient (Wildman–Crippen LogP) is 2.14. The summed E-state index contributed by atoms with van der Waals surface area (Å²) in [6.07, 6.45) is 4.65. The molecule has 2 N–H and O–H groups in total. The van der Waals surface area contributed by atoms with E-state index in [1.54, 1.807) is 0 Å². The van der Waals surface area contributed by atoms with Gasteiger partial charge in [-0.2, -0.15) is 0 Å². The third-order valence-corrected chi connectivity index (χ3v) is 4.22. The first-order valence-corrected chi connectivity index (χ1v) is 8.12. The van der Waals surface area contributed by atoms with Crippen LogP contribution in [0.25, 0.3) is 0 Å². The molecule has 4 nitrogen and oxygen atoms in total. The summed E-state index contributed by atoms with van der Waals surface area (Å²) in [4.78, 5) is 14.5. The molecular weight excluding hydrogens is 250 g/mol. The highest BCUT2D eigenvalue weighted by Crippen LogP contribution is 2.16. The van der Waals surface area contributed by atoms with Crippen LogP contribution in [-0.4, -0.2) is 48.1 Å². The van der Waals surface area contributed by atoms with Crippen LogP contribution in [-0.2, 0) is 4.79 Å². The van der Waals surface area contributed by atoms with E-state index in [4.69, 9.17) is 0 Å². The van der Waals surface area contributed by atoms with Crippen LogP contribution < -0.4 is 10.6 Å². The van der Waals surface area contributed by atoms with Gasteiger partial charge in [0.25, 0.3) is 0 Å². The van der Waals surface area contributed by atoms with E-state index in [1.807, 2.05) is 0 Å². The molecule has 20 heavy (non-hydrogen) atoms. The fourth-order valence-corrected chi connectivity index (χ4v) is 2.56. The monoisotopic (exact) mass is 283 g/mol. The van der Waals surface area contributed by atoms with E-state index in [9.17, 15) is 4.79 Å². The van der Waals surface area contributed by atoms with Crippen molar-refractivity contribution in [2.24, 2.45) is 0 Å². The zero-order valence-electron chi connectivity index (χ0n) is 14.0. The fraction of sp³-hybridized carbons (Fsp3) is 0.938. The van der Waals surface area contributed by atoms with E-state index >= 15 is 0 Å². The molecule has 0 aromatic heterocycles. The average molecular weight is 283 g/mol. The molecule has 4 heteroatoms. The van der Waals surface area contributed by atoms with Crippen LogP contribution in [0.4, 0.5) is 0 Å². The lowest BCUT2D eigenvalue weighted by Gasteiger charge is -2.36. The van der Waals surface area contributed by atoms with Crippen molar-refractivity contribution in [2.45, 2.75) is 77.9 Å². The van der Waals surface area contributed by atoms with Crippen molar-refractivity contribution in [3.05, 3.63) is 0 Å². The normalized spacial score (nSPS) is 21.2. The van der Waals surface area contributed by atoms with Gasteiger partial charge < -0.3 is 10.6 Å². The summed E-state index contributed by atoms with van der Waals surface area (Å²) in [7, 11) is 0. The van der Waals surface area contributed by atoms with Crippen molar-refractivity contribution in [1.29, 1.82) is 0 Å².